The fraction of sp³-hybridized carbons (Fsp3) is 0.176. The largest absolute Gasteiger partial charge is 0.494 e. The Hall–Kier alpha value is -2.54. The van der Waals surface area contributed by atoms with Crippen LogP contribution in [0.4, 0.5) is 4.39 Å². The van der Waals surface area contributed by atoms with Gasteiger partial charge in [-0.3, -0.25) is 0 Å². The second-order valence-corrected chi connectivity index (χ2v) is 6.08. The van der Waals surface area contributed by atoms with E-state index in [1.165, 1.54) is 22.5 Å². The van der Waals surface area contributed by atoms with E-state index in [1.54, 1.807) is 18.2 Å². The van der Waals surface area contributed by atoms with Gasteiger partial charge < -0.3 is 10.6 Å². The first kappa shape index (κ1) is 16.3. The quantitative estimate of drug-likeness (QED) is 0.404. The van der Waals surface area contributed by atoms with Gasteiger partial charge in [-0.1, -0.05) is 42.1 Å². The minimum absolute atomic E-state index is 0.316. The second kappa shape index (κ2) is 7.83. The molecule has 0 unspecified atom stereocenters. The Balaban J connectivity index is 1.52. The minimum Gasteiger partial charge on any atom is -0.494 e. The number of hydrogen-bond donors (Lipinski definition) is 1. The van der Waals surface area contributed by atoms with Crippen molar-refractivity contribution in [1.29, 1.82) is 0 Å². The molecule has 7 heteroatoms. The summed E-state index contributed by atoms with van der Waals surface area (Å²) >= 11 is 1.47. The van der Waals surface area contributed by atoms with Crippen molar-refractivity contribution in [1.82, 2.24) is 14.9 Å². The highest BCUT2D eigenvalue weighted by atomic mass is 32.2. The van der Waals surface area contributed by atoms with Crippen molar-refractivity contribution in [2.45, 2.75) is 11.6 Å². The van der Waals surface area contributed by atoms with Gasteiger partial charge in [-0.2, -0.15) is 0 Å². The number of halogens is 1. The molecule has 0 fully saturated rings. The SMILES string of the molecule is Nn1c(SCCCOc2ccccc2)nnc1-c1ccccc1F. The van der Waals surface area contributed by atoms with Gasteiger partial charge in [-0.25, -0.2) is 9.07 Å². The van der Waals surface area contributed by atoms with E-state index in [0.717, 1.165) is 17.9 Å². The van der Waals surface area contributed by atoms with E-state index in [9.17, 15) is 4.39 Å². The highest BCUT2D eigenvalue weighted by molar-refractivity contribution is 7.99. The molecule has 0 saturated heterocycles. The predicted molar refractivity (Wildman–Crippen MR) is 92.8 cm³/mol. The maximum absolute atomic E-state index is 13.8. The van der Waals surface area contributed by atoms with E-state index in [2.05, 4.69) is 10.2 Å². The Morgan fingerprint density at radius 1 is 1.04 bits per heavy atom. The summed E-state index contributed by atoms with van der Waals surface area (Å²) in [5.41, 5.74) is 0.340. The molecule has 24 heavy (non-hydrogen) atoms. The Kier molecular flexibility index (Phi) is 5.32. The zero-order valence-electron chi connectivity index (χ0n) is 12.9. The number of rotatable bonds is 7. The van der Waals surface area contributed by atoms with Crippen LogP contribution in [0.5, 0.6) is 5.75 Å². The van der Waals surface area contributed by atoms with Crippen molar-refractivity contribution < 1.29 is 9.13 Å². The molecule has 3 rings (SSSR count). The fourth-order valence-electron chi connectivity index (χ4n) is 2.13. The molecule has 0 bridgehead atoms. The third-order valence-electron chi connectivity index (χ3n) is 3.31. The zero-order valence-corrected chi connectivity index (χ0v) is 13.7. The van der Waals surface area contributed by atoms with E-state index in [4.69, 9.17) is 10.6 Å². The Bertz CT molecular complexity index is 794. The first-order chi connectivity index (χ1) is 11.8. The predicted octanol–water partition coefficient (Wildman–Crippen LogP) is 3.36. The monoisotopic (exact) mass is 344 g/mol. The van der Waals surface area contributed by atoms with Crippen molar-refractivity contribution in [3.63, 3.8) is 0 Å². The van der Waals surface area contributed by atoms with Crippen LogP contribution in [0.1, 0.15) is 6.42 Å². The number of hydrogen-bond acceptors (Lipinski definition) is 5. The molecule has 0 aliphatic rings. The van der Waals surface area contributed by atoms with Crippen LogP contribution in [0.2, 0.25) is 0 Å². The number of nitrogens with zero attached hydrogens (tertiary/aromatic N) is 3. The van der Waals surface area contributed by atoms with Gasteiger partial charge in [0.15, 0.2) is 5.82 Å². The molecule has 0 saturated carbocycles. The average molecular weight is 344 g/mol. The summed E-state index contributed by atoms with van der Waals surface area (Å²) in [4.78, 5) is 0. The maximum Gasteiger partial charge on any atom is 0.210 e. The molecule has 2 aromatic carbocycles. The summed E-state index contributed by atoms with van der Waals surface area (Å²) in [6, 6.07) is 16.0. The summed E-state index contributed by atoms with van der Waals surface area (Å²) in [5.74, 6) is 7.56. The number of aromatic nitrogens is 3. The lowest BCUT2D eigenvalue weighted by atomic mass is 10.2. The summed E-state index contributed by atoms with van der Waals surface area (Å²) in [7, 11) is 0. The Morgan fingerprint density at radius 2 is 1.79 bits per heavy atom. The zero-order chi connectivity index (χ0) is 16.8. The highest BCUT2D eigenvalue weighted by Gasteiger charge is 2.14. The summed E-state index contributed by atoms with van der Waals surface area (Å²) in [6.07, 6.45) is 0.835. The second-order valence-electron chi connectivity index (χ2n) is 5.02. The topological polar surface area (TPSA) is 66.0 Å². The van der Waals surface area contributed by atoms with Gasteiger partial charge in [-0.15, -0.1) is 10.2 Å². The van der Waals surface area contributed by atoms with Crippen LogP contribution < -0.4 is 10.6 Å². The molecule has 1 heterocycles. The Morgan fingerprint density at radius 3 is 2.58 bits per heavy atom. The molecular formula is C17H17FN4OS. The number of nitrogen functional groups attached to an aromatic ring is 1. The van der Waals surface area contributed by atoms with Gasteiger partial charge >= 0.3 is 0 Å². The smallest absolute Gasteiger partial charge is 0.210 e. The van der Waals surface area contributed by atoms with Gasteiger partial charge in [-0.05, 0) is 30.7 Å². The van der Waals surface area contributed by atoms with Crippen LogP contribution in [0.3, 0.4) is 0 Å². The first-order valence-corrected chi connectivity index (χ1v) is 8.50. The molecular weight excluding hydrogens is 327 g/mol. The van der Waals surface area contributed by atoms with Crippen LogP contribution in [0, 0.1) is 5.82 Å². The first-order valence-electron chi connectivity index (χ1n) is 7.52. The van der Waals surface area contributed by atoms with Gasteiger partial charge in [0.05, 0.1) is 12.2 Å². The molecule has 1 aromatic heterocycles. The molecule has 0 spiro atoms. The van der Waals surface area contributed by atoms with E-state index in [1.807, 2.05) is 30.3 Å². The molecule has 124 valence electrons. The standard InChI is InChI=1S/C17H17FN4OS/c18-15-10-5-4-9-14(15)16-20-21-17(22(16)19)24-12-6-11-23-13-7-2-1-3-8-13/h1-5,7-10H,6,11-12,19H2. The third-order valence-corrected chi connectivity index (χ3v) is 4.34. The van der Waals surface area contributed by atoms with Crippen LogP contribution >= 0.6 is 11.8 Å². The molecule has 0 radical (unpaired) electrons. The summed E-state index contributed by atoms with van der Waals surface area (Å²) < 4.78 is 20.8. The van der Waals surface area contributed by atoms with Crippen LogP contribution in [0.15, 0.2) is 59.8 Å². The average Bonchev–Trinajstić information content (AvgIpc) is 2.97. The lowest BCUT2D eigenvalue weighted by molar-refractivity contribution is 0.318. The molecule has 5 nitrogen and oxygen atoms in total. The summed E-state index contributed by atoms with van der Waals surface area (Å²) in [6.45, 7) is 0.607. The van der Waals surface area contributed by atoms with Gasteiger partial charge in [0.2, 0.25) is 5.16 Å². The lowest BCUT2D eigenvalue weighted by Gasteiger charge is -2.06. The third kappa shape index (κ3) is 3.86. The van der Waals surface area contributed by atoms with Crippen LogP contribution in [-0.4, -0.2) is 27.2 Å². The molecule has 0 aliphatic carbocycles. The molecule has 0 amide bonds. The molecule has 3 aromatic rings. The van der Waals surface area contributed by atoms with Gasteiger partial charge in [0, 0.05) is 5.75 Å². The van der Waals surface area contributed by atoms with Crippen molar-refractivity contribution >= 4 is 11.8 Å². The number of thioether (sulfide) groups is 1. The summed E-state index contributed by atoms with van der Waals surface area (Å²) in [5, 5.41) is 8.57. The Labute approximate surface area is 143 Å². The maximum atomic E-state index is 13.8. The van der Waals surface area contributed by atoms with E-state index in [0.29, 0.717) is 23.2 Å². The highest BCUT2D eigenvalue weighted by Crippen LogP contribution is 2.24. The molecule has 0 atom stereocenters. The van der Waals surface area contributed by atoms with E-state index in [-0.39, 0.29) is 5.82 Å². The molecule has 2 N–H and O–H groups in total. The lowest BCUT2D eigenvalue weighted by Crippen LogP contribution is -2.12. The fourth-order valence-corrected chi connectivity index (χ4v) is 2.90. The van der Waals surface area contributed by atoms with E-state index >= 15 is 0 Å². The van der Waals surface area contributed by atoms with E-state index < -0.39 is 0 Å². The van der Waals surface area contributed by atoms with Crippen LogP contribution in [-0.2, 0) is 0 Å². The number of para-hydroxylation sites is 1. The van der Waals surface area contributed by atoms with Gasteiger partial charge in [0.1, 0.15) is 11.6 Å². The normalized spacial score (nSPS) is 10.7. The number of ether oxygens (including phenoxy) is 1. The van der Waals surface area contributed by atoms with Crippen molar-refractivity contribution in [2.75, 3.05) is 18.2 Å². The number of nitrogens with two attached hydrogens (primary N) is 1. The van der Waals surface area contributed by atoms with Crippen molar-refractivity contribution in [3.05, 3.63) is 60.4 Å². The number of benzene rings is 2. The van der Waals surface area contributed by atoms with Gasteiger partial charge in [0.25, 0.3) is 0 Å². The van der Waals surface area contributed by atoms with Crippen molar-refractivity contribution in [3.8, 4) is 17.1 Å². The minimum atomic E-state index is -0.371. The van der Waals surface area contributed by atoms with Crippen molar-refractivity contribution in [2.24, 2.45) is 0 Å². The van der Waals surface area contributed by atoms with Crippen LogP contribution in [0.25, 0.3) is 11.4 Å². The molecule has 0 aliphatic heterocycles.